The number of ether oxygens (including phenoxy) is 2. The quantitative estimate of drug-likeness (QED) is 0.575. The number of fused-ring (bicyclic) bond motifs is 1. The lowest BCUT2D eigenvalue weighted by atomic mass is 9.90. The van der Waals surface area contributed by atoms with Crippen LogP contribution in [-0.2, 0) is 9.47 Å². The molecule has 5 nitrogen and oxygen atoms in total. The lowest BCUT2D eigenvalue weighted by Gasteiger charge is -2.39. The number of rotatable bonds is 4. The third kappa shape index (κ3) is 3.28. The Kier molecular flexibility index (Phi) is 4.71. The van der Waals surface area contributed by atoms with Gasteiger partial charge in [0.2, 0.25) is 0 Å². The largest absolute Gasteiger partial charge is 0.381 e. The Morgan fingerprint density at radius 3 is 2.89 bits per heavy atom. The molecule has 0 radical (unpaired) electrons. The van der Waals surface area contributed by atoms with E-state index in [1.807, 2.05) is 0 Å². The molecule has 0 amide bonds. The molecule has 3 fully saturated rings. The van der Waals surface area contributed by atoms with E-state index in [4.69, 9.17) is 15.3 Å². The summed E-state index contributed by atoms with van der Waals surface area (Å²) in [5.74, 6) is 6.51. The van der Waals surface area contributed by atoms with Crippen LogP contribution in [0.1, 0.15) is 32.1 Å². The van der Waals surface area contributed by atoms with Gasteiger partial charge in [-0.2, -0.15) is 0 Å². The van der Waals surface area contributed by atoms with Gasteiger partial charge < -0.3 is 9.47 Å². The van der Waals surface area contributed by atoms with Crippen LogP contribution in [0.4, 0.5) is 0 Å². The monoisotopic (exact) mass is 269 g/mol. The number of morpholine rings is 1. The third-order valence-corrected chi connectivity index (χ3v) is 5.01. The molecule has 3 aliphatic heterocycles. The Morgan fingerprint density at radius 2 is 2.11 bits per heavy atom. The predicted octanol–water partition coefficient (Wildman–Crippen LogP) is 0.498. The van der Waals surface area contributed by atoms with Crippen LogP contribution in [0.2, 0.25) is 0 Å². The van der Waals surface area contributed by atoms with Crippen molar-refractivity contribution in [2.24, 2.45) is 11.8 Å². The Balaban J connectivity index is 1.52. The van der Waals surface area contributed by atoms with E-state index < -0.39 is 0 Å². The first-order chi connectivity index (χ1) is 9.36. The molecule has 0 aliphatic carbocycles. The first-order valence-electron chi connectivity index (χ1n) is 7.76. The highest BCUT2D eigenvalue weighted by atomic mass is 16.5. The number of hydrogen-bond acceptors (Lipinski definition) is 5. The zero-order valence-electron chi connectivity index (χ0n) is 11.7. The Bertz CT molecular complexity index is 284. The highest BCUT2D eigenvalue weighted by Crippen LogP contribution is 2.27. The molecule has 5 heteroatoms. The summed E-state index contributed by atoms with van der Waals surface area (Å²) in [7, 11) is 0. The van der Waals surface area contributed by atoms with Gasteiger partial charge in [0.25, 0.3) is 0 Å². The van der Waals surface area contributed by atoms with E-state index in [2.05, 4.69) is 10.3 Å². The highest BCUT2D eigenvalue weighted by Gasteiger charge is 2.36. The molecular weight excluding hydrogens is 242 g/mol. The molecule has 3 atom stereocenters. The molecule has 3 N–H and O–H groups in total. The van der Waals surface area contributed by atoms with E-state index in [-0.39, 0.29) is 12.1 Å². The summed E-state index contributed by atoms with van der Waals surface area (Å²) >= 11 is 0. The summed E-state index contributed by atoms with van der Waals surface area (Å²) in [5.41, 5.74) is 3.01. The van der Waals surface area contributed by atoms with E-state index in [1.165, 1.54) is 19.4 Å². The van der Waals surface area contributed by atoms with Crippen LogP contribution in [0.3, 0.4) is 0 Å². The van der Waals surface area contributed by atoms with Crippen molar-refractivity contribution in [1.29, 1.82) is 0 Å². The van der Waals surface area contributed by atoms with Gasteiger partial charge in [0, 0.05) is 31.8 Å². The Morgan fingerprint density at radius 1 is 1.26 bits per heavy atom. The number of nitrogens with two attached hydrogens (primary N) is 1. The first-order valence-corrected chi connectivity index (χ1v) is 7.76. The second kappa shape index (κ2) is 6.50. The van der Waals surface area contributed by atoms with E-state index in [1.54, 1.807) is 0 Å². The van der Waals surface area contributed by atoms with E-state index in [0.717, 1.165) is 51.5 Å². The summed E-state index contributed by atoms with van der Waals surface area (Å²) < 4.78 is 11.5. The third-order valence-electron chi connectivity index (χ3n) is 5.01. The molecule has 0 saturated carbocycles. The summed E-state index contributed by atoms with van der Waals surface area (Å²) in [6, 6.07) is 0.947. The number of nitrogens with zero attached hydrogens (tertiary/aromatic N) is 1. The Labute approximate surface area is 115 Å². The molecule has 0 aromatic heterocycles. The van der Waals surface area contributed by atoms with Crippen molar-refractivity contribution in [3.8, 4) is 0 Å². The highest BCUT2D eigenvalue weighted by molar-refractivity contribution is 4.90. The summed E-state index contributed by atoms with van der Waals surface area (Å²) in [4.78, 5) is 2.59. The second-order valence-corrected chi connectivity index (χ2v) is 6.23. The van der Waals surface area contributed by atoms with Gasteiger partial charge >= 0.3 is 0 Å². The van der Waals surface area contributed by atoms with E-state index in [0.29, 0.717) is 6.04 Å². The van der Waals surface area contributed by atoms with Gasteiger partial charge in [-0.05, 0) is 44.6 Å². The maximum Gasteiger partial charge on any atom is 0.0869 e. The number of hydrogen-bond donors (Lipinski definition) is 2. The summed E-state index contributed by atoms with van der Waals surface area (Å²) in [6.07, 6.45) is 6.31. The molecule has 3 heterocycles. The number of hydrazine groups is 1. The fourth-order valence-corrected chi connectivity index (χ4v) is 3.75. The molecule has 110 valence electrons. The molecule has 19 heavy (non-hydrogen) atoms. The zero-order valence-corrected chi connectivity index (χ0v) is 11.7. The van der Waals surface area contributed by atoms with Crippen molar-refractivity contribution in [1.82, 2.24) is 10.3 Å². The van der Waals surface area contributed by atoms with Crippen molar-refractivity contribution in [3.05, 3.63) is 0 Å². The molecule has 3 rings (SSSR count). The Hall–Kier alpha value is -0.200. The average molecular weight is 269 g/mol. The van der Waals surface area contributed by atoms with Crippen LogP contribution in [0.15, 0.2) is 0 Å². The van der Waals surface area contributed by atoms with Crippen LogP contribution < -0.4 is 11.3 Å². The lowest BCUT2D eigenvalue weighted by Crippen LogP contribution is -2.56. The molecule has 0 spiro atoms. The summed E-state index contributed by atoms with van der Waals surface area (Å²) in [5, 5.41) is 0. The van der Waals surface area contributed by atoms with Crippen molar-refractivity contribution in [2.45, 2.75) is 50.3 Å². The molecule has 0 aromatic carbocycles. The average Bonchev–Trinajstić information content (AvgIpc) is 2.93. The van der Waals surface area contributed by atoms with Gasteiger partial charge in [0.15, 0.2) is 0 Å². The minimum Gasteiger partial charge on any atom is -0.381 e. The van der Waals surface area contributed by atoms with Crippen LogP contribution >= 0.6 is 0 Å². The van der Waals surface area contributed by atoms with Gasteiger partial charge in [-0.15, -0.1) is 0 Å². The van der Waals surface area contributed by atoms with Gasteiger partial charge in [0.05, 0.1) is 12.7 Å². The van der Waals surface area contributed by atoms with Crippen LogP contribution in [0.25, 0.3) is 0 Å². The fraction of sp³-hybridized carbons (Fsp3) is 1.00. The maximum atomic E-state index is 6.07. The van der Waals surface area contributed by atoms with E-state index >= 15 is 0 Å². The van der Waals surface area contributed by atoms with Crippen molar-refractivity contribution >= 4 is 0 Å². The van der Waals surface area contributed by atoms with Crippen LogP contribution in [0.5, 0.6) is 0 Å². The second-order valence-electron chi connectivity index (χ2n) is 6.23. The van der Waals surface area contributed by atoms with Gasteiger partial charge in [-0.1, -0.05) is 0 Å². The van der Waals surface area contributed by atoms with E-state index in [9.17, 15) is 0 Å². The first kappa shape index (κ1) is 13.8. The molecule has 0 bridgehead atoms. The molecule has 3 aliphatic rings. The SMILES string of the molecule is NNC(CC1CCOCC1)C1CN2CCCC2CO1. The number of nitrogens with one attached hydrogen (secondary N) is 1. The van der Waals surface area contributed by atoms with Crippen molar-refractivity contribution < 1.29 is 9.47 Å². The van der Waals surface area contributed by atoms with Gasteiger partial charge in [0.1, 0.15) is 0 Å². The molecule has 3 saturated heterocycles. The smallest absolute Gasteiger partial charge is 0.0869 e. The standard InChI is InChI=1S/C14H27N3O2/c15-16-13(8-11-3-6-18-7-4-11)14-9-17-5-1-2-12(17)10-19-14/h11-14,16H,1-10,15H2. The van der Waals surface area contributed by atoms with Crippen molar-refractivity contribution in [3.63, 3.8) is 0 Å². The minimum atomic E-state index is 0.252. The lowest BCUT2D eigenvalue weighted by molar-refractivity contribution is -0.0699. The predicted molar refractivity (Wildman–Crippen MR) is 73.6 cm³/mol. The molecule has 3 unspecified atom stereocenters. The van der Waals surface area contributed by atoms with Crippen molar-refractivity contribution in [2.75, 3.05) is 32.9 Å². The molecular formula is C14H27N3O2. The normalized spacial score (nSPS) is 35.2. The van der Waals surface area contributed by atoms with Crippen LogP contribution in [0, 0.1) is 5.92 Å². The maximum absolute atomic E-state index is 6.07. The minimum absolute atomic E-state index is 0.252. The van der Waals surface area contributed by atoms with Gasteiger partial charge in [-0.25, -0.2) is 0 Å². The topological polar surface area (TPSA) is 59.8 Å². The zero-order chi connectivity index (χ0) is 13.1. The fourth-order valence-electron chi connectivity index (χ4n) is 3.75. The van der Waals surface area contributed by atoms with Gasteiger partial charge in [-0.3, -0.25) is 16.2 Å². The molecule has 0 aromatic rings. The van der Waals surface area contributed by atoms with Crippen LogP contribution in [-0.4, -0.2) is 56.0 Å². The summed E-state index contributed by atoms with van der Waals surface area (Å²) in [6.45, 7) is 4.97.